The van der Waals surface area contributed by atoms with Crippen molar-refractivity contribution in [3.8, 4) is 17.0 Å². The molecule has 2 rings (SSSR count). The van der Waals surface area contributed by atoms with Crippen LogP contribution in [0, 0.1) is 6.92 Å². The molecule has 0 bridgehead atoms. The standard InChI is InChI=1S/C17H23N3O2S/c1-5-10-17(3,18)15(21)20-16-19-14(11(2)23-16)12-6-8-13(22-4)9-7-12/h6-9H,5,10,18H2,1-4H3,(H,19,20,21). The highest BCUT2D eigenvalue weighted by Crippen LogP contribution is 2.31. The third-order valence-corrected chi connectivity index (χ3v) is 4.55. The number of ether oxygens (including phenoxy) is 1. The zero-order chi connectivity index (χ0) is 17.0. The number of benzene rings is 1. The van der Waals surface area contributed by atoms with Gasteiger partial charge in [0.1, 0.15) is 5.75 Å². The van der Waals surface area contributed by atoms with Crippen molar-refractivity contribution in [3.63, 3.8) is 0 Å². The van der Waals surface area contributed by atoms with Crippen LogP contribution >= 0.6 is 11.3 Å². The first-order chi connectivity index (χ1) is 10.9. The van der Waals surface area contributed by atoms with E-state index in [1.54, 1.807) is 14.0 Å². The summed E-state index contributed by atoms with van der Waals surface area (Å²) in [6.45, 7) is 5.74. The molecule has 1 aromatic heterocycles. The van der Waals surface area contributed by atoms with E-state index in [1.165, 1.54) is 11.3 Å². The van der Waals surface area contributed by atoms with Gasteiger partial charge in [0.25, 0.3) is 0 Å². The molecule has 1 aromatic carbocycles. The molecule has 1 heterocycles. The van der Waals surface area contributed by atoms with Crippen molar-refractivity contribution in [1.82, 2.24) is 4.98 Å². The van der Waals surface area contributed by atoms with Gasteiger partial charge in [0.2, 0.25) is 5.91 Å². The van der Waals surface area contributed by atoms with E-state index in [9.17, 15) is 4.79 Å². The molecule has 23 heavy (non-hydrogen) atoms. The van der Waals surface area contributed by atoms with Crippen LogP contribution in [0.3, 0.4) is 0 Å². The van der Waals surface area contributed by atoms with Gasteiger partial charge < -0.3 is 15.8 Å². The predicted octanol–water partition coefficient (Wildman–Crippen LogP) is 3.58. The highest BCUT2D eigenvalue weighted by Gasteiger charge is 2.28. The third-order valence-electron chi connectivity index (χ3n) is 3.67. The normalized spacial score (nSPS) is 13.4. The summed E-state index contributed by atoms with van der Waals surface area (Å²) in [6, 6.07) is 7.70. The second-order valence-corrected chi connectivity index (χ2v) is 6.98. The molecular weight excluding hydrogens is 310 g/mol. The Morgan fingerprint density at radius 1 is 1.39 bits per heavy atom. The molecule has 0 saturated carbocycles. The number of amides is 1. The van der Waals surface area contributed by atoms with Gasteiger partial charge in [0, 0.05) is 10.4 Å². The van der Waals surface area contributed by atoms with Gasteiger partial charge in [0.15, 0.2) is 5.13 Å². The second-order valence-electron chi connectivity index (χ2n) is 5.77. The lowest BCUT2D eigenvalue weighted by Gasteiger charge is -2.21. The first-order valence-corrected chi connectivity index (χ1v) is 8.41. The summed E-state index contributed by atoms with van der Waals surface area (Å²) in [6.07, 6.45) is 1.49. The molecule has 0 radical (unpaired) electrons. The van der Waals surface area contributed by atoms with E-state index in [-0.39, 0.29) is 5.91 Å². The zero-order valence-electron chi connectivity index (χ0n) is 14.0. The largest absolute Gasteiger partial charge is 0.497 e. The van der Waals surface area contributed by atoms with E-state index >= 15 is 0 Å². The average Bonchev–Trinajstić information content (AvgIpc) is 2.88. The van der Waals surface area contributed by atoms with Crippen LogP contribution in [0.5, 0.6) is 5.75 Å². The van der Waals surface area contributed by atoms with Crippen molar-refractivity contribution in [2.45, 2.75) is 39.2 Å². The van der Waals surface area contributed by atoms with Gasteiger partial charge in [-0.05, 0) is 44.5 Å². The summed E-state index contributed by atoms with van der Waals surface area (Å²) in [4.78, 5) is 17.9. The van der Waals surface area contributed by atoms with E-state index in [0.717, 1.165) is 28.3 Å². The lowest BCUT2D eigenvalue weighted by molar-refractivity contribution is -0.120. The smallest absolute Gasteiger partial charge is 0.245 e. The molecule has 3 N–H and O–H groups in total. The Morgan fingerprint density at radius 2 is 2.04 bits per heavy atom. The van der Waals surface area contributed by atoms with Crippen molar-refractivity contribution < 1.29 is 9.53 Å². The number of nitrogens with one attached hydrogen (secondary N) is 1. The Kier molecular flexibility index (Phi) is 5.38. The molecule has 0 aliphatic carbocycles. The van der Waals surface area contributed by atoms with Gasteiger partial charge in [0.05, 0.1) is 18.3 Å². The molecule has 0 saturated heterocycles. The number of anilines is 1. The molecule has 0 aliphatic heterocycles. The summed E-state index contributed by atoms with van der Waals surface area (Å²) in [7, 11) is 1.64. The van der Waals surface area contributed by atoms with Crippen molar-refractivity contribution in [2.75, 3.05) is 12.4 Å². The van der Waals surface area contributed by atoms with Gasteiger partial charge in [-0.15, -0.1) is 11.3 Å². The number of methoxy groups -OCH3 is 1. The quantitative estimate of drug-likeness (QED) is 0.847. The van der Waals surface area contributed by atoms with Crippen molar-refractivity contribution in [2.24, 2.45) is 5.73 Å². The topological polar surface area (TPSA) is 77.2 Å². The van der Waals surface area contributed by atoms with Crippen LogP contribution < -0.4 is 15.8 Å². The molecule has 1 unspecified atom stereocenters. The summed E-state index contributed by atoms with van der Waals surface area (Å²) in [5.74, 6) is 0.600. The maximum atomic E-state index is 12.3. The average molecular weight is 333 g/mol. The number of carbonyl (C=O) groups excluding carboxylic acids is 1. The van der Waals surface area contributed by atoms with Crippen LogP contribution in [0.2, 0.25) is 0 Å². The lowest BCUT2D eigenvalue weighted by atomic mass is 9.97. The fraction of sp³-hybridized carbons (Fsp3) is 0.412. The number of nitrogens with two attached hydrogens (primary N) is 1. The summed E-state index contributed by atoms with van der Waals surface area (Å²) < 4.78 is 5.16. The maximum Gasteiger partial charge on any atom is 0.245 e. The minimum Gasteiger partial charge on any atom is -0.497 e. The Hall–Kier alpha value is -1.92. The van der Waals surface area contributed by atoms with Crippen LogP contribution in [0.1, 0.15) is 31.6 Å². The molecule has 124 valence electrons. The van der Waals surface area contributed by atoms with Crippen LogP contribution in [-0.4, -0.2) is 23.5 Å². The number of rotatable bonds is 6. The number of aryl methyl sites for hydroxylation is 1. The molecule has 2 aromatic rings. The molecule has 0 fully saturated rings. The highest BCUT2D eigenvalue weighted by atomic mass is 32.1. The summed E-state index contributed by atoms with van der Waals surface area (Å²) in [5, 5.41) is 3.41. The maximum absolute atomic E-state index is 12.3. The van der Waals surface area contributed by atoms with Crippen molar-refractivity contribution in [3.05, 3.63) is 29.1 Å². The Morgan fingerprint density at radius 3 is 2.61 bits per heavy atom. The number of nitrogens with zero attached hydrogens (tertiary/aromatic N) is 1. The molecule has 5 nitrogen and oxygen atoms in total. The number of carbonyl (C=O) groups is 1. The first kappa shape index (κ1) is 17.4. The first-order valence-electron chi connectivity index (χ1n) is 7.59. The van der Waals surface area contributed by atoms with E-state index in [2.05, 4.69) is 10.3 Å². The van der Waals surface area contributed by atoms with Crippen LogP contribution in [0.15, 0.2) is 24.3 Å². The molecule has 1 atom stereocenters. The summed E-state index contributed by atoms with van der Waals surface area (Å²) >= 11 is 1.45. The van der Waals surface area contributed by atoms with Crippen LogP contribution in [0.25, 0.3) is 11.3 Å². The summed E-state index contributed by atoms with van der Waals surface area (Å²) in [5.41, 5.74) is 7.03. The van der Waals surface area contributed by atoms with Crippen LogP contribution in [-0.2, 0) is 4.79 Å². The van der Waals surface area contributed by atoms with E-state index in [4.69, 9.17) is 10.5 Å². The van der Waals surface area contributed by atoms with Crippen molar-refractivity contribution >= 4 is 22.4 Å². The number of thiazole rings is 1. The van der Waals surface area contributed by atoms with Crippen LogP contribution in [0.4, 0.5) is 5.13 Å². The number of hydrogen-bond donors (Lipinski definition) is 2. The molecule has 1 amide bonds. The van der Waals surface area contributed by atoms with E-state index in [1.807, 2.05) is 38.1 Å². The zero-order valence-corrected chi connectivity index (χ0v) is 14.8. The van der Waals surface area contributed by atoms with Gasteiger partial charge >= 0.3 is 0 Å². The second kappa shape index (κ2) is 7.10. The van der Waals surface area contributed by atoms with E-state index < -0.39 is 5.54 Å². The molecular formula is C17H23N3O2S. The Labute approximate surface area is 140 Å². The minimum atomic E-state index is -0.880. The van der Waals surface area contributed by atoms with E-state index in [0.29, 0.717) is 11.6 Å². The van der Waals surface area contributed by atoms with Gasteiger partial charge in [-0.1, -0.05) is 13.3 Å². The molecule has 0 aliphatic rings. The van der Waals surface area contributed by atoms with Crippen molar-refractivity contribution in [1.29, 1.82) is 0 Å². The molecule has 6 heteroatoms. The third kappa shape index (κ3) is 4.09. The van der Waals surface area contributed by atoms with Gasteiger partial charge in [-0.3, -0.25) is 4.79 Å². The fourth-order valence-electron chi connectivity index (χ4n) is 2.34. The predicted molar refractivity (Wildman–Crippen MR) is 95.0 cm³/mol. The fourth-order valence-corrected chi connectivity index (χ4v) is 3.17. The lowest BCUT2D eigenvalue weighted by Crippen LogP contribution is -2.48. The van der Waals surface area contributed by atoms with Gasteiger partial charge in [-0.25, -0.2) is 4.98 Å². The van der Waals surface area contributed by atoms with Gasteiger partial charge in [-0.2, -0.15) is 0 Å². The highest BCUT2D eigenvalue weighted by molar-refractivity contribution is 7.16. The minimum absolute atomic E-state index is 0.200. The Bertz CT molecular complexity index is 678. The Balaban J connectivity index is 2.19. The number of aromatic nitrogens is 1. The number of hydrogen-bond acceptors (Lipinski definition) is 5. The SMILES string of the molecule is CCCC(C)(N)C(=O)Nc1nc(-c2ccc(OC)cc2)c(C)s1. The molecule has 0 spiro atoms. The monoisotopic (exact) mass is 333 g/mol.